The van der Waals surface area contributed by atoms with Crippen molar-refractivity contribution in [3.05, 3.63) is 29.3 Å². The summed E-state index contributed by atoms with van der Waals surface area (Å²) in [6, 6.07) is 5.43. The average Bonchev–Trinajstić information content (AvgIpc) is 2.41. The molecule has 0 heterocycles. The van der Waals surface area contributed by atoms with Crippen molar-refractivity contribution in [3.63, 3.8) is 0 Å². The van der Waals surface area contributed by atoms with E-state index in [0.29, 0.717) is 17.2 Å². The fourth-order valence-electron chi connectivity index (χ4n) is 3.13. The number of hydrogen-bond donors (Lipinski definition) is 3. The maximum Gasteiger partial charge on any atom is 0.253 e. The van der Waals surface area contributed by atoms with Crippen LogP contribution in [0.5, 0.6) is 0 Å². The smallest absolute Gasteiger partial charge is 0.253 e. The highest BCUT2D eigenvalue weighted by Gasteiger charge is 2.36. The van der Waals surface area contributed by atoms with E-state index in [-0.39, 0.29) is 12.5 Å². The summed E-state index contributed by atoms with van der Waals surface area (Å²) in [5, 5.41) is 12.8. The highest BCUT2D eigenvalue weighted by Crippen LogP contribution is 2.32. The molecular formula is C16H24N2O2. The Labute approximate surface area is 120 Å². The standard InChI is InChI=1S/C16H24N2O2/c1-11-5-6-14(17)13(8-11)15(20)18-16(10-19)7-3-4-12(2)9-16/h5-6,8,12,19H,3-4,7,9-10,17H2,1-2H3,(H,18,20). The van der Waals surface area contributed by atoms with Crippen molar-refractivity contribution in [1.29, 1.82) is 0 Å². The van der Waals surface area contributed by atoms with Gasteiger partial charge in [-0.25, -0.2) is 0 Å². The Kier molecular flexibility index (Phi) is 4.33. The summed E-state index contributed by atoms with van der Waals surface area (Å²) >= 11 is 0. The Balaban J connectivity index is 2.19. The molecule has 1 aliphatic rings. The number of nitrogens with two attached hydrogens (primary N) is 1. The minimum Gasteiger partial charge on any atom is -0.398 e. The van der Waals surface area contributed by atoms with Crippen molar-refractivity contribution in [2.45, 2.75) is 45.1 Å². The molecule has 0 aliphatic heterocycles. The first-order valence-corrected chi connectivity index (χ1v) is 7.25. The monoisotopic (exact) mass is 276 g/mol. The fourth-order valence-corrected chi connectivity index (χ4v) is 3.13. The van der Waals surface area contributed by atoms with Crippen LogP contribution in [0.15, 0.2) is 18.2 Å². The lowest BCUT2D eigenvalue weighted by atomic mass is 9.76. The Morgan fingerprint density at radius 1 is 1.55 bits per heavy atom. The molecule has 0 bridgehead atoms. The summed E-state index contributed by atoms with van der Waals surface area (Å²) in [5.74, 6) is 0.334. The summed E-state index contributed by atoms with van der Waals surface area (Å²) in [4.78, 5) is 12.5. The molecule has 0 spiro atoms. The molecule has 20 heavy (non-hydrogen) atoms. The van der Waals surface area contributed by atoms with Gasteiger partial charge in [-0.15, -0.1) is 0 Å². The number of anilines is 1. The van der Waals surface area contributed by atoms with Crippen molar-refractivity contribution >= 4 is 11.6 Å². The molecule has 0 radical (unpaired) electrons. The van der Waals surface area contributed by atoms with Crippen LogP contribution in [0.4, 0.5) is 5.69 Å². The number of nitrogens with one attached hydrogen (secondary N) is 1. The Morgan fingerprint density at radius 2 is 2.30 bits per heavy atom. The van der Waals surface area contributed by atoms with Gasteiger partial charge in [-0.3, -0.25) is 4.79 Å². The van der Waals surface area contributed by atoms with Gasteiger partial charge in [0.1, 0.15) is 0 Å². The maximum absolute atomic E-state index is 12.5. The lowest BCUT2D eigenvalue weighted by molar-refractivity contribution is 0.0698. The summed E-state index contributed by atoms with van der Waals surface area (Å²) in [5.41, 5.74) is 7.36. The lowest BCUT2D eigenvalue weighted by Crippen LogP contribution is -2.54. The summed E-state index contributed by atoms with van der Waals surface area (Å²) in [6.07, 6.45) is 3.84. The molecule has 0 aromatic heterocycles. The first-order valence-electron chi connectivity index (χ1n) is 7.25. The van der Waals surface area contributed by atoms with E-state index in [0.717, 1.165) is 31.2 Å². The van der Waals surface area contributed by atoms with E-state index >= 15 is 0 Å². The van der Waals surface area contributed by atoms with Crippen LogP contribution < -0.4 is 11.1 Å². The van der Waals surface area contributed by atoms with Crippen molar-refractivity contribution in [2.24, 2.45) is 5.92 Å². The average molecular weight is 276 g/mol. The van der Waals surface area contributed by atoms with Crippen LogP contribution in [-0.4, -0.2) is 23.2 Å². The SMILES string of the molecule is Cc1ccc(N)c(C(=O)NC2(CO)CCCC(C)C2)c1. The second kappa shape index (κ2) is 5.83. The molecular weight excluding hydrogens is 252 g/mol. The first-order chi connectivity index (χ1) is 9.46. The van der Waals surface area contributed by atoms with Crippen molar-refractivity contribution in [3.8, 4) is 0 Å². The van der Waals surface area contributed by atoms with Crippen LogP contribution in [0.3, 0.4) is 0 Å². The van der Waals surface area contributed by atoms with E-state index in [2.05, 4.69) is 12.2 Å². The van der Waals surface area contributed by atoms with Crippen molar-refractivity contribution < 1.29 is 9.90 Å². The van der Waals surface area contributed by atoms with Gasteiger partial charge in [0.15, 0.2) is 0 Å². The van der Waals surface area contributed by atoms with E-state index in [1.807, 2.05) is 13.0 Å². The number of aryl methyl sites for hydroxylation is 1. The first kappa shape index (κ1) is 14.9. The molecule has 1 amide bonds. The molecule has 1 fully saturated rings. The van der Waals surface area contributed by atoms with E-state index in [4.69, 9.17) is 5.73 Å². The van der Waals surface area contributed by atoms with Gasteiger partial charge in [0, 0.05) is 5.69 Å². The number of aliphatic hydroxyl groups is 1. The van der Waals surface area contributed by atoms with Gasteiger partial charge in [-0.05, 0) is 37.8 Å². The fraction of sp³-hybridized carbons (Fsp3) is 0.562. The van der Waals surface area contributed by atoms with Gasteiger partial charge in [-0.2, -0.15) is 0 Å². The highest BCUT2D eigenvalue weighted by atomic mass is 16.3. The van der Waals surface area contributed by atoms with E-state index in [9.17, 15) is 9.90 Å². The van der Waals surface area contributed by atoms with Gasteiger partial charge in [0.05, 0.1) is 17.7 Å². The zero-order valence-corrected chi connectivity index (χ0v) is 12.3. The minimum absolute atomic E-state index is 0.0190. The van der Waals surface area contributed by atoms with Gasteiger partial charge >= 0.3 is 0 Å². The molecule has 2 unspecified atom stereocenters. The molecule has 2 atom stereocenters. The number of aliphatic hydroxyl groups excluding tert-OH is 1. The molecule has 4 N–H and O–H groups in total. The number of nitrogen functional groups attached to an aromatic ring is 1. The maximum atomic E-state index is 12.5. The summed E-state index contributed by atoms with van der Waals surface area (Å²) in [7, 11) is 0. The third-order valence-electron chi connectivity index (χ3n) is 4.23. The van der Waals surface area contributed by atoms with Gasteiger partial charge in [0.25, 0.3) is 5.91 Å². The second-order valence-corrected chi connectivity index (χ2v) is 6.18. The van der Waals surface area contributed by atoms with E-state index in [1.165, 1.54) is 0 Å². The molecule has 2 rings (SSSR count). The predicted octanol–water partition coefficient (Wildman–Crippen LogP) is 2.25. The zero-order valence-electron chi connectivity index (χ0n) is 12.3. The number of amides is 1. The van der Waals surface area contributed by atoms with Crippen LogP contribution in [0.1, 0.15) is 48.5 Å². The van der Waals surface area contributed by atoms with Gasteiger partial charge in [0.2, 0.25) is 0 Å². The van der Waals surface area contributed by atoms with Crippen LogP contribution in [-0.2, 0) is 0 Å². The number of carbonyl (C=O) groups excluding carboxylic acids is 1. The van der Waals surface area contributed by atoms with E-state index in [1.54, 1.807) is 12.1 Å². The summed E-state index contributed by atoms with van der Waals surface area (Å²) in [6.45, 7) is 4.08. The van der Waals surface area contributed by atoms with Crippen molar-refractivity contribution in [1.82, 2.24) is 5.32 Å². The van der Waals surface area contributed by atoms with Gasteiger partial charge < -0.3 is 16.2 Å². The second-order valence-electron chi connectivity index (χ2n) is 6.18. The molecule has 4 nitrogen and oxygen atoms in total. The molecule has 0 saturated heterocycles. The minimum atomic E-state index is -0.495. The Bertz CT molecular complexity index is 501. The zero-order chi connectivity index (χ0) is 14.8. The third kappa shape index (κ3) is 3.12. The lowest BCUT2D eigenvalue weighted by Gasteiger charge is -2.39. The highest BCUT2D eigenvalue weighted by molar-refractivity contribution is 5.99. The molecule has 4 heteroatoms. The predicted molar refractivity (Wildman–Crippen MR) is 80.5 cm³/mol. The molecule has 110 valence electrons. The number of rotatable bonds is 3. The topological polar surface area (TPSA) is 75.4 Å². The normalized spacial score (nSPS) is 26.2. The number of hydrogen-bond acceptors (Lipinski definition) is 3. The quantitative estimate of drug-likeness (QED) is 0.741. The number of carbonyl (C=O) groups is 1. The number of benzene rings is 1. The van der Waals surface area contributed by atoms with Crippen LogP contribution in [0, 0.1) is 12.8 Å². The molecule has 1 saturated carbocycles. The molecule has 1 aliphatic carbocycles. The van der Waals surface area contributed by atoms with Crippen molar-refractivity contribution in [2.75, 3.05) is 12.3 Å². The van der Waals surface area contributed by atoms with Crippen LogP contribution in [0.25, 0.3) is 0 Å². The van der Waals surface area contributed by atoms with Gasteiger partial charge in [-0.1, -0.05) is 31.4 Å². The third-order valence-corrected chi connectivity index (χ3v) is 4.23. The molecule has 1 aromatic carbocycles. The summed E-state index contributed by atoms with van der Waals surface area (Å²) < 4.78 is 0. The largest absolute Gasteiger partial charge is 0.398 e. The molecule has 1 aromatic rings. The van der Waals surface area contributed by atoms with Crippen LogP contribution in [0.2, 0.25) is 0 Å². The Morgan fingerprint density at radius 3 is 2.95 bits per heavy atom. The Hall–Kier alpha value is -1.55. The van der Waals surface area contributed by atoms with Crippen LogP contribution >= 0.6 is 0 Å². The van der Waals surface area contributed by atoms with E-state index < -0.39 is 5.54 Å².